The van der Waals surface area contributed by atoms with Crippen molar-refractivity contribution in [2.75, 3.05) is 11.9 Å². The van der Waals surface area contributed by atoms with E-state index in [9.17, 15) is 0 Å². The third-order valence-corrected chi connectivity index (χ3v) is 5.55. The van der Waals surface area contributed by atoms with Crippen LogP contribution in [-0.2, 0) is 0 Å². The van der Waals surface area contributed by atoms with Gasteiger partial charge >= 0.3 is 18.9 Å². The molecule has 0 spiro atoms. The molecule has 0 atom stereocenters. The Hall–Kier alpha value is -0.183. The third-order valence-electron chi connectivity index (χ3n) is 2.46. The Kier molecular flexibility index (Phi) is 7.01. The molecule has 0 aromatic heterocycles. The molecule has 2 aromatic carbocycles. The second-order valence-electron chi connectivity index (χ2n) is 3.55. The normalized spacial score (nSPS) is 10.0. The molecule has 0 aliphatic rings. The number of hydrogen-bond donors (Lipinski definition) is 1. The van der Waals surface area contributed by atoms with Crippen LogP contribution in [0, 0.1) is 0 Å². The van der Waals surface area contributed by atoms with Gasteiger partial charge in [-0.1, -0.05) is 60.7 Å². The summed E-state index contributed by atoms with van der Waals surface area (Å²) in [6.07, 6.45) is 1.15. The van der Waals surface area contributed by atoms with Crippen molar-refractivity contribution in [3.05, 3.63) is 60.7 Å². The second kappa shape index (κ2) is 8.01. The zero-order valence-corrected chi connectivity index (χ0v) is 10.9. The average molecular weight is 254 g/mol. The predicted octanol–water partition coefficient (Wildman–Crippen LogP) is 2.40. The summed E-state index contributed by atoms with van der Waals surface area (Å²) in [4.78, 5) is 0. The van der Waals surface area contributed by atoms with Gasteiger partial charge in [-0.05, 0) is 30.4 Å². The Morgan fingerprint density at radius 1 is 0.765 bits per heavy atom. The Morgan fingerprint density at radius 2 is 1.18 bits per heavy atom. The zero-order valence-electron chi connectivity index (χ0n) is 9.08. The summed E-state index contributed by atoms with van der Waals surface area (Å²) in [5.74, 6) is 0.940. The van der Waals surface area contributed by atoms with Crippen LogP contribution in [0.3, 0.4) is 0 Å². The number of rotatable bonds is 4. The van der Waals surface area contributed by atoms with Crippen molar-refractivity contribution in [2.24, 2.45) is 0 Å². The fraction of sp³-hybridized carbons (Fsp3) is 0.143. The topological polar surface area (TPSA) is 0 Å². The molecule has 0 heterocycles. The van der Waals surface area contributed by atoms with Gasteiger partial charge < -0.3 is 0 Å². The fourth-order valence-electron chi connectivity index (χ4n) is 1.72. The molecule has 17 heavy (non-hydrogen) atoms. The average Bonchev–Trinajstić information content (AvgIpc) is 2.38. The van der Waals surface area contributed by atoms with E-state index in [4.69, 9.17) is 0 Å². The molecule has 0 radical (unpaired) electrons. The van der Waals surface area contributed by atoms with Gasteiger partial charge in [0.25, 0.3) is 0 Å². The van der Waals surface area contributed by atoms with E-state index in [1.165, 1.54) is 10.6 Å². The van der Waals surface area contributed by atoms with Crippen molar-refractivity contribution in [3.8, 4) is 0 Å². The molecule has 0 saturated heterocycles. The van der Waals surface area contributed by atoms with Gasteiger partial charge in [0.2, 0.25) is 0 Å². The van der Waals surface area contributed by atoms with E-state index >= 15 is 0 Å². The molecule has 0 fully saturated rings. The first kappa shape index (κ1) is 14.9. The maximum atomic E-state index is 4.38. The van der Waals surface area contributed by atoms with Crippen LogP contribution in [0.15, 0.2) is 60.7 Å². The molecule has 0 N–H and O–H groups in total. The fourth-order valence-corrected chi connectivity index (χ4v) is 4.40. The van der Waals surface area contributed by atoms with Gasteiger partial charge in [0.05, 0.1) is 0 Å². The SMILES string of the molecule is SCCP(c1ccccc1)c1ccccc1.[LiH]. The van der Waals surface area contributed by atoms with Gasteiger partial charge in [-0.25, -0.2) is 0 Å². The molecule has 0 bridgehead atoms. The Labute approximate surface area is 122 Å². The molecule has 0 amide bonds. The van der Waals surface area contributed by atoms with Crippen molar-refractivity contribution in [2.45, 2.75) is 0 Å². The van der Waals surface area contributed by atoms with Crippen LogP contribution in [0.4, 0.5) is 0 Å². The number of benzene rings is 2. The molecule has 0 aliphatic carbocycles. The van der Waals surface area contributed by atoms with Crippen LogP contribution in [0.25, 0.3) is 0 Å². The first-order chi connectivity index (χ1) is 7.92. The maximum absolute atomic E-state index is 4.38. The molecule has 3 heteroatoms. The Balaban J connectivity index is 0.00000144. The minimum atomic E-state index is -0.227. The zero-order chi connectivity index (χ0) is 11.2. The standard InChI is InChI=1S/C14H15PS.Li.H/c16-12-11-15(13-7-3-1-4-8-13)14-9-5-2-6-10-14;;/h1-10,16H,11-12H2;;. The summed E-state index contributed by atoms with van der Waals surface area (Å²) < 4.78 is 0. The van der Waals surface area contributed by atoms with E-state index in [2.05, 4.69) is 73.3 Å². The van der Waals surface area contributed by atoms with Crippen LogP contribution < -0.4 is 10.6 Å². The van der Waals surface area contributed by atoms with Crippen LogP contribution >= 0.6 is 20.6 Å². The first-order valence-corrected chi connectivity index (χ1v) is 7.56. The van der Waals surface area contributed by atoms with E-state index in [1.54, 1.807) is 0 Å². The van der Waals surface area contributed by atoms with E-state index < -0.39 is 0 Å². The van der Waals surface area contributed by atoms with Crippen molar-refractivity contribution < 1.29 is 0 Å². The number of thiol groups is 1. The van der Waals surface area contributed by atoms with E-state index in [0.29, 0.717) is 0 Å². The summed E-state index contributed by atoms with van der Waals surface area (Å²) in [5.41, 5.74) is 0. The van der Waals surface area contributed by atoms with Crippen molar-refractivity contribution in [1.82, 2.24) is 0 Å². The van der Waals surface area contributed by atoms with Crippen LogP contribution in [-0.4, -0.2) is 30.8 Å². The van der Waals surface area contributed by atoms with Crippen LogP contribution in [0.2, 0.25) is 0 Å². The Morgan fingerprint density at radius 3 is 1.53 bits per heavy atom. The molecule has 2 rings (SSSR count). The minimum absolute atomic E-state index is 0. The van der Waals surface area contributed by atoms with E-state index in [0.717, 1.165) is 11.9 Å². The first-order valence-electron chi connectivity index (χ1n) is 5.40. The van der Waals surface area contributed by atoms with Crippen molar-refractivity contribution in [3.63, 3.8) is 0 Å². The van der Waals surface area contributed by atoms with Crippen LogP contribution in [0.5, 0.6) is 0 Å². The summed E-state index contributed by atoms with van der Waals surface area (Å²) >= 11 is 4.38. The molecular weight excluding hydrogens is 238 g/mol. The van der Waals surface area contributed by atoms with E-state index in [1.807, 2.05) is 0 Å². The second-order valence-corrected chi connectivity index (χ2v) is 6.33. The predicted molar refractivity (Wildman–Crippen MR) is 84.9 cm³/mol. The number of hydrogen-bond acceptors (Lipinski definition) is 1. The van der Waals surface area contributed by atoms with Crippen molar-refractivity contribution >= 4 is 50.0 Å². The van der Waals surface area contributed by atoms with Gasteiger partial charge in [-0.15, -0.1) is 0 Å². The van der Waals surface area contributed by atoms with Gasteiger partial charge in [-0.2, -0.15) is 12.6 Å². The van der Waals surface area contributed by atoms with Gasteiger partial charge in [0.15, 0.2) is 0 Å². The van der Waals surface area contributed by atoms with E-state index in [-0.39, 0.29) is 26.8 Å². The summed E-state index contributed by atoms with van der Waals surface area (Å²) in [6, 6.07) is 21.5. The van der Waals surface area contributed by atoms with Gasteiger partial charge in [-0.3, -0.25) is 0 Å². The summed E-state index contributed by atoms with van der Waals surface area (Å²) in [6.45, 7) is 0. The van der Waals surface area contributed by atoms with Crippen LogP contribution in [0.1, 0.15) is 0 Å². The van der Waals surface area contributed by atoms with Gasteiger partial charge in [0, 0.05) is 0 Å². The molecule has 0 nitrogen and oxygen atoms in total. The third kappa shape index (κ3) is 4.20. The Bertz CT molecular complexity index is 379. The molecule has 0 saturated carbocycles. The van der Waals surface area contributed by atoms with Crippen molar-refractivity contribution in [1.29, 1.82) is 0 Å². The summed E-state index contributed by atoms with van der Waals surface area (Å²) in [5, 5.41) is 2.88. The molecule has 0 unspecified atom stereocenters. The summed E-state index contributed by atoms with van der Waals surface area (Å²) in [7, 11) is -0.227. The molecule has 84 valence electrons. The molecular formula is C14H16LiPS. The molecule has 2 aromatic rings. The van der Waals surface area contributed by atoms with Gasteiger partial charge in [0.1, 0.15) is 0 Å². The monoisotopic (exact) mass is 254 g/mol. The quantitative estimate of drug-likeness (QED) is 0.483. The molecule has 0 aliphatic heterocycles.